The van der Waals surface area contributed by atoms with Gasteiger partial charge in [-0.15, -0.1) is 0 Å². The molecule has 1 amide bonds. The monoisotopic (exact) mass is 319 g/mol. The molecule has 124 valence electrons. The summed E-state index contributed by atoms with van der Waals surface area (Å²) in [7, 11) is 1.53. The number of carboxylic acids is 1. The van der Waals surface area contributed by atoms with Gasteiger partial charge in [0.1, 0.15) is 6.04 Å². The van der Waals surface area contributed by atoms with Crippen LogP contribution in [-0.2, 0) is 9.59 Å². The minimum Gasteiger partial charge on any atom is -0.493 e. The van der Waals surface area contributed by atoms with Crippen molar-refractivity contribution in [1.82, 2.24) is 4.90 Å². The third-order valence-electron chi connectivity index (χ3n) is 4.88. The van der Waals surface area contributed by atoms with Crippen molar-refractivity contribution in [3.63, 3.8) is 0 Å². The summed E-state index contributed by atoms with van der Waals surface area (Å²) in [5.41, 5.74) is 0. The van der Waals surface area contributed by atoms with Crippen LogP contribution in [0.2, 0.25) is 0 Å². The van der Waals surface area contributed by atoms with Crippen LogP contribution in [0.25, 0.3) is 0 Å². The van der Waals surface area contributed by atoms with Crippen molar-refractivity contribution in [3.8, 4) is 11.5 Å². The highest BCUT2D eigenvalue weighted by molar-refractivity contribution is 5.85. The van der Waals surface area contributed by atoms with E-state index in [1.165, 1.54) is 12.0 Å². The number of nitrogens with zero attached hydrogens (tertiary/aromatic N) is 1. The molecule has 0 spiro atoms. The van der Waals surface area contributed by atoms with Gasteiger partial charge in [0.15, 0.2) is 18.1 Å². The smallest absolute Gasteiger partial charge is 0.326 e. The molecule has 6 nitrogen and oxygen atoms in total. The van der Waals surface area contributed by atoms with E-state index in [4.69, 9.17) is 9.47 Å². The molecule has 1 saturated carbocycles. The number of carboxylic acid groups (broad SMARTS) is 1. The molecule has 0 radical (unpaired) electrons. The minimum absolute atomic E-state index is 0.0858. The van der Waals surface area contributed by atoms with Gasteiger partial charge < -0.3 is 19.5 Å². The normalized spacial score (nSPS) is 26.0. The number of para-hydroxylation sites is 2. The highest BCUT2D eigenvalue weighted by Crippen LogP contribution is 2.42. The number of hydrogen-bond donors (Lipinski definition) is 1. The van der Waals surface area contributed by atoms with Gasteiger partial charge in [0.2, 0.25) is 0 Å². The largest absolute Gasteiger partial charge is 0.493 e. The summed E-state index contributed by atoms with van der Waals surface area (Å²) < 4.78 is 10.7. The number of methoxy groups -OCH3 is 1. The van der Waals surface area contributed by atoms with Gasteiger partial charge in [0, 0.05) is 6.54 Å². The number of ether oxygens (including phenoxy) is 2. The quantitative estimate of drug-likeness (QED) is 0.895. The fraction of sp³-hybridized carbons (Fsp3) is 0.529. The van der Waals surface area contributed by atoms with Crippen molar-refractivity contribution >= 4 is 11.9 Å². The van der Waals surface area contributed by atoms with Crippen LogP contribution in [0.4, 0.5) is 0 Å². The summed E-state index contributed by atoms with van der Waals surface area (Å²) in [6.07, 6.45) is 2.95. The Kier molecular flexibility index (Phi) is 4.41. The lowest BCUT2D eigenvalue weighted by Crippen LogP contribution is -2.45. The number of carbonyl (C=O) groups is 2. The van der Waals surface area contributed by atoms with Crippen LogP contribution in [0.1, 0.15) is 19.3 Å². The zero-order valence-corrected chi connectivity index (χ0v) is 13.1. The van der Waals surface area contributed by atoms with Crippen LogP contribution < -0.4 is 9.47 Å². The predicted molar refractivity (Wildman–Crippen MR) is 82.5 cm³/mol. The zero-order valence-electron chi connectivity index (χ0n) is 13.1. The molecule has 1 aromatic rings. The van der Waals surface area contributed by atoms with Gasteiger partial charge in [-0.25, -0.2) is 4.79 Å². The van der Waals surface area contributed by atoms with Crippen LogP contribution in [0.15, 0.2) is 24.3 Å². The predicted octanol–water partition coefficient (Wildman–Crippen LogP) is 1.79. The number of carbonyl (C=O) groups excluding carboxylic acids is 1. The molecular formula is C17H21NO5. The molecule has 6 heteroatoms. The standard InChI is InChI=1S/C17H21NO5/c1-22-13-7-2-3-8-14(13)23-10-15(19)18-9-11-5-4-6-12(11)16(18)17(20)21/h2-3,7-8,11-12,16H,4-6,9-10H2,1H3,(H,20,21). The lowest BCUT2D eigenvalue weighted by molar-refractivity contribution is -0.150. The number of hydrogen-bond acceptors (Lipinski definition) is 4. The minimum atomic E-state index is -0.912. The number of likely N-dealkylation sites (tertiary alicyclic amines) is 1. The first-order chi connectivity index (χ1) is 11.1. The fourth-order valence-electron chi connectivity index (χ4n) is 3.84. The highest BCUT2D eigenvalue weighted by Gasteiger charge is 2.49. The van der Waals surface area contributed by atoms with E-state index >= 15 is 0 Å². The summed E-state index contributed by atoms with van der Waals surface area (Å²) in [5, 5.41) is 9.49. The summed E-state index contributed by atoms with van der Waals surface area (Å²) in [4.78, 5) is 25.5. The maximum absolute atomic E-state index is 12.5. The zero-order chi connectivity index (χ0) is 16.4. The second kappa shape index (κ2) is 6.48. The Morgan fingerprint density at radius 3 is 2.70 bits per heavy atom. The summed E-state index contributed by atoms with van der Waals surface area (Å²) in [5.74, 6) is 0.236. The van der Waals surface area contributed by atoms with Gasteiger partial charge in [-0.3, -0.25) is 4.79 Å². The topological polar surface area (TPSA) is 76.1 Å². The molecule has 1 saturated heterocycles. The van der Waals surface area contributed by atoms with E-state index in [9.17, 15) is 14.7 Å². The van der Waals surface area contributed by atoms with E-state index < -0.39 is 12.0 Å². The Balaban J connectivity index is 1.67. The number of fused-ring (bicyclic) bond motifs is 1. The lowest BCUT2D eigenvalue weighted by atomic mass is 9.94. The SMILES string of the molecule is COc1ccccc1OCC(=O)N1CC2CCCC2C1C(=O)O. The van der Waals surface area contributed by atoms with Crippen molar-refractivity contribution in [3.05, 3.63) is 24.3 Å². The molecule has 1 aromatic carbocycles. The molecule has 3 unspecified atom stereocenters. The Morgan fingerprint density at radius 1 is 1.26 bits per heavy atom. The summed E-state index contributed by atoms with van der Waals surface area (Å²) >= 11 is 0. The molecule has 1 N–H and O–H groups in total. The van der Waals surface area contributed by atoms with E-state index in [1.54, 1.807) is 18.2 Å². The number of benzene rings is 1. The Bertz CT molecular complexity index is 602. The number of aliphatic carboxylic acids is 1. The Hall–Kier alpha value is -2.24. The molecule has 2 fully saturated rings. The van der Waals surface area contributed by atoms with Gasteiger partial charge in [0.25, 0.3) is 5.91 Å². The lowest BCUT2D eigenvalue weighted by Gasteiger charge is -2.24. The Labute approximate surface area is 135 Å². The first-order valence-corrected chi connectivity index (χ1v) is 7.90. The summed E-state index contributed by atoms with van der Waals surface area (Å²) in [6, 6.07) is 6.37. The van der Waals surface area contributed by atoms with E-state index in [0.29, 0.717) is 24.0 Å². The highest BCUT2D eigenvalue weighted by atomic mass is 16.5. The maximum atomic E-state index is 12.5. The third kappa shape index (κ3) is 2.98. The third-order valence-corrected chi connectivity index (χ3v) is 4.88. The summed E-state index contributed by atoms with van der Waals surface area (Å²) in [6.45, 7) is 0.347. The van der Waals surface area contributed by atoms with Gasteiger partial charge in [-0.1, -0.05) is 18.6 Å². The molecule has 1 aliphatic carbocycles. The van der Waals surface area contributed by atoms with Gasteiger partial charge >= 0.3 is 5.97 Å². The van der Waals surface area contributed by atoms with Crippen molar-refractivity contribution < 1.29 is 24.2 Å². The molecule has 0 aromatic heterocycles. The molecule has 3 rings (SSSR count). The average Bonchev–Trinajstić information content (AvgIpc) is 3.13. The van der Waals surface area contributed by atoms with Gasteiger partial charge in [-0.2, -0.15) is 0 Å². The van der Waals surface area contributed by atoms with Gasteiger partial charge in [-0.05, 0) is 36.8 Å². The molecule has 0 bridgehead atoms. The maximum Gasteiger partial charge on any atom is 0.326 e. The second-order valence-electron chi connectivity index (χ2n) is 6.12. The molecule has 2 aliphatic rings. The van der Waals surface area contributed by atoms with Crippen LogP contribution in [0.3, 0.4) is 0 Å². The number of rotatable bonds is 5. The van der Waals surface area contributed by atoms with Crippen LogP contribution in [-0.4, -0.2) is 48.2 Å². The number of amides is 1. The second-order valence-corrected chi connectivity index (χ2v) is 6.12. The van der Waals surface area contributed by atoms with Crippen molar-refractivity contribution in [2.45, 2.75) is 25.3 Å². The van der Waals surface area contributed by atoms with E-state index in [1.807, 2.05) is 6.07 Å². The van der Waals surface area contributed by atoms with Crippen molar-refractivity contribution in [2.75, 3.05) is 20.3 Å². The molecule has 3 atom stereocenters. The van der Waals surface area contributed by atoms with E-state index in [-0.39, 0.29) is 18.4 Å². The average molecular weight is 319 g/mol. The molecule has 23 heavy (non-hydrogen) atoms. The van der Waals surface area contributed by atoms with Crippen LogP contribution in [0.5, 0.6) is 11.5 Å². The van der Waals surface area contributed by atoms with Crippen LogP contribution in [0, 0.1) is 11.8 Å². The van der Waals surface area contributed by atoms with E-state index in [0.717, 1.165) is 19.3 Å². The molecule has 1 heterocycles. The van der Waals surface area contributed by atoms with Crippen LogP contribution >= 0.6 is 0 Å². The van der Waals surface area contributed by atoms with Crippen molar-refractivity contribution in [1.29, 1.82) is 0 Å². The van der Waals surface area contributed by atoms with Gasteiger partial charge in [0.05, 0.1) is 7.11 Å². The van der Waals surface area contributed by atoms with Crippen molar-refractivity contribution in [2.24, 2.45) is 11.8 Å². The van der Waals surface area contributed by atoms with E-state index in [2.05, 4.69) is 0 Å². The molecular weight excluding hydrogens is 298 g/mol. The Morgan fingerprint density at radius 2 is 2.00 bits per heavy atom. The molecule has 1 aliphatic heterocycles. The first kappa shape index (κ1) is 15.6. The fourth-order valence-corrected chi connectivity index (χ4v) is 3.84. The first-order valence-electron chi connectivity index (χ1n) is 7.90.